The molecule has 18 heavy (non-hydrogen) atoms. The van der Waals surface area contributed by atoms with E-state index in [2.05, 4.69) is 22.2 Å². The molecule has 0 spiro atoms. The van der Waals surface area contributed by atoms with E-state index in [4.69, 9.17) is 5.73 Å². The first-order valence-corrected chi connectivity index (χ1v) is 6.91. The monoisotopic (exact) mass is 256 g/mol. The summed E-state index contributed by atoms with van der Waals surface area (Å²) in [7, 11) is 0. The highest BCUT2D eigenvalue weighted by molar-refractivity contribution is 7.16. The highest BCUT2D eigenvalue weighted by atomic mass is 32.1. The summed E-state index contributed by atoms with van der Waals surface area (Å²) in [6, 6.07) is 6.24. The van der Waals surface area contributed by atoms with E-state index in [1.54, 1.807) is 11.3 Å². The second kappa shape index (κ2) is 3.55. The molecule has 1 aliphatic carbocycles. The SMILES string of the molecule is Nc1nn(-c2ccc3ncsc3c2)c2c1CCC2. The Morgan fingerprint density at radius 3 is 3.17 bits per heavy atom. The summed E-state index contributed by atoms with van der Waals surface area (Å²) in [4.78, 5) is 4.30. The van der Waals surface area contributed by atoms with Crippen LogP contribution >= 0.6 is 11.3 Å². The van der Waals surface area contributed by atoms with Crippen molar-refractivity contribution in [2.75, 3.05) is 5.73 Å². The summed E-state index contributed by atoms with van der Waals surface area (Å²) in [5, 5.41) is 4.47. The largest absolute Gasteiger partial charge is 0.382 e. The number of fused-ring (bicyclic) bond motifs is 2. The van der Waals surface area contributed by atoms with Crippen molar-refractivity contribution in [3.05, 3.63) is 35.0 Å². The number of nitrogens with zero attached hydrogens (tertiary/aromatic N) is 3. The van der Waals surface area contributed by atoms with Crippen LogP contribution in [0.25, 0.3) is 15.9 Å². The third kappa shape index (κ3) is 1.31. The van der Waals surface area contributed by atoms with Gasteiger partial charge in [0.25, 0.3) is 0 Å². The molecule has 0 atom stereocenters. The molecule has 0 saturated heterocycles. The fourth-order valence-electron chi connectivity index (χ4n) is 2.65. The maximum atomic E-state index is 5.98. The van der Waals surface area contributed by atoms with E-state index in [0.29, 0.717) is 5.82 Å². The van der Waals surface area contributed by atoms with Crippen LogP contribution in [-0.4, -0.2) is 14.8 Å². The Morgan fingerprint density at radius 1 is 1.28 bits per heavy atom. The molecule has 0 amide bonds. The molecule has 1 aromatic carbocycles. The van der Waals surface area contributed by atoms with Crippen LogP contribution in [0.4, 0.5) is 5.82 Å². The molecule has 0 saturated carbocycles. The second-order valence-electron chi connectivity index (χ2n) is 4.58. The van der Waals surface area contributed by atoms with Crippen molar-refractivity contribution in [2.24, 2.45) is 0 Å². The van der Waals surface area contributed by atoms with E-state index < -0.39 is 0 Å². The molecule has 2 aromatic heterocycles. The van der Waals surface area contributed by atoms with E-state index in [1.807, 2.05) is 16.3 Å². The molecule has 0 bridgehead atoms. The van der Waals surface area contributed by atoms with Crippen molar-refractivity contribution in [3.63, 3.8) is 0 Å². The Hall–Kier alpha value is -1.88. The number of hydrogen-bond acceptors (Lipinski definition) is 4. The predicted octanol–water partition coefficient (Wildman–Crippen LogP) is 2.55. The summed E-state index contributed by atoms with van der Waals surface area (Å²) in [6.07, 6.45) is 3.31. The van der Waals surface area contributed by atoms with Crippen molar-refractivity contribution < 1.29 is 0 Å². The molecule has 1 aliphatic rings. The van der Waals surface area contributed by atoms with Gasteiger partial charge in [-0.1, -0.05) is 0 Å². The Bertz CT molecular complexity index is 741. The molecule has 4 nitrogen and oxygen atoms in total. The zero-order valence-electron chi connectivity index (χ0n) is 9.76. The molecule has 0 radical (unpaired) electrons. The van der Waals surface area contributed by atoms with E-state index in [9.17, 15) is 0 Å². The number of nitrogens with two attached hydrogens (primary N) is 1. The molecule has 0 unspecified atom stereocenters. The van der Waals surface area contributed by atoms with Crippen LogP contribution in [0, 0.1) is 0 Å². The van der Waals surface area contributed by atoms with E-state index >= 15 is 0 Å². The first-order chi connectivity index (χ1) is 8.83. The van der Waals surface area contributed by atoms with Gasteiger partial charge in [-0.25, -0.2) is 9.67 Å². The van der Waals surface area contributed by atoms with E-state index in [1.165, 1.54) is 22.4 Å². The molecular formula is C13H12N4S. The van der Waals surface area contributed by atoms with Crippen LogP contribution in [0.15, 0.2) is 23.7 Å². The second-order valence-corrected chi connectivity index (χ2v) is 5.47. The van der Waals surface area contributed by atoms with Crippen LogP contribution in [0.3, 0.4) is 0 Å². The smallest absolute Gasteiger partial charge is 0.149 e. The lowest BCUT2D eigenvalue weighted by Gasteiger charge is -2.05. The molecule has 4 rings (SSSR count). The van der Waals surface area contributed by atoms with Gasteiger partial charge in [-0.2, -0.15) is 5.10 Å². The van der Waals surface area contributed by atoms with Crippen molar-refractivity contribution in [1.82, 2.24) is 14.8 Å². The van der Waals surface area contributed by atoms with Crippen molar-refractivity contribution >= 4 is 27.4 Å². The fraction of sp³-hybridized carbons (Fsp3) is 0.231. The number of rotatable bonds is 1. The minimum absolute atomic E-state index is 0.687. The zero-order chi connectivity index (χ0) is 12.1. The van der Waals surface area contributed by atoms with Crippen molar-refractivity contribution in [1.29, 1.82) is 0 Å². The lowest BCUT2D eigenvalue weighted by atomic mass is 10.2. The van der Waals surface area contributed by atoms with Crippen LogP contribution in [0.2, 0.25) is 0 Å². The summed E-state index contributed by atoms with van der Waals surface area (Å²) >= 11 is 1.65. The molecule has 0 fully saturated rings. The van der Waals surface area contributed by atoms with E-state index in [-0.39, 0.29) is 0 Å². The van der Waals surface area contributed by atoms with Crippen LogP contribution in [-0.2, 0) is 12.8 Å². The average molecular weight is 256 g/mol. The Morgan fingerprint density at radius 2 is 2.22 bits per heavy atom. The van der Waals surface area contributed by atoms with Gasteiger partial charge in [0, 0.05) is 11.3 Å². The van der Waals surface area contributed by atoms with Crippen molar-refractivity contribution in [3.8, 4) is 5.69 Å². The van der Waals surface area contributed by atoms with E-state index in [0.717, 1.165) is 24.0 Å². The summed E-state index contributed by atoms with van der Waals surface area (Å²) < 4.78 is 3.19. The third-order valence-corrected chi connectivity index (χ3v) is 4.31. The third-order valence-electron chi connectivity index (χ3n) is 3.52. The molecule has 3 aromatic rings. The molecule has 0 aliphatic heterocycles. The summed E-state index contributed by atoms with van der Waals surface area (Å²) in [6.45, 7) is 0. The highest BCUT2D eigenvalue weighted by Gasteiger charge is 2.21. The molecule has 2 N–H and O–H groups in total. The Balaban J connectivity index is 1.94. The highest BCUT2D eigenvalue weighted by Crippen LogP contribution is 2.30. The van der Waals surface area contributed by atoms with Gasteiger partial charge < -0.3 is 5.73 Å². The minimum atomic E-state index is 0.687. The lowest BCUT2D eigenvalue weighted by Crippen LogP contribution is -2.01. The maximum Gasteiger partial charge on any atom is 0.149 e. The van der Waals surface area contributed by atoms with Gasteiger partial charge in [0.05, 0.1) is 21.4 Å². The number of anilines is 1. The maximum absolute atomic E-state index is 5.98. The number of nitrogen functional groups attached to an aromatic ring is 1. The Labute approximate surface area is 108 Å². The van der Waals surface area contributed by atoms with Crippen LogP contribution < -0.4 is 5.73 Å². The zero-order valence-corrected chi connectivity index (χ0v) is 10.6. The molecule has 90 valence electrons. The van der Waals surface area contributed by atoms with Gasteiger partial charge in [-0.05, 0) is 37.5 Å². The first kappa shape index (κ1) is 10.1. The van der Waals surface area contributed by atoms with Gasteiger partial charge >= 0.3 is 0 Å². The molecule has 5 heteroatoms. The number of thiazole rings is 1. The van der Waals surface area contributed by atoms with Crippen LogP contribution in [0.1, 0.15) is 17.7 Å². The normalized spacial score (nSPS) is 14.2. The quantitative estimate of drug-likeness (QED) is 0.728. The number of aromatic nitrogens is 3. The van der Waals surface area contributed by atoms with Gasteiger partial charge in [0.1, 0.15) is 5.82 Å². The molecule has 2 heterocycles. The van der Waals surface area contributed by atoms with Gasteiger partial charge in [-0.3, -0.25) is 0 Å². The average Bonchev–Trinajstić information content (AvgIpc) is 3.06. The number of benzene rings is 1. The minimum Gasteiger partial charge on any atom is -0.382 e. The predicted molar refractivity (Wildman–Crippen MR) is 73.2 cm³/mol. The Kier molecular flexibility index (Phi) is 1.99. The molecular weight excluding hydrogens is 244 g/mol. The van der Waals surface area contributed by atoms with Gasteiger partial charge in [-0.15, -0.1) is 11.3 Å². The summed E-state index contributed by atoms with van der Waals surface area (Å²) in [5.74, 6) is 0.687. The van der Waals surface area contributed by atoms with Crippen LogP contribution in [0.5, 0.6) is 0 Å². The summed E-state index contributed by atoms with van der Waals surface area (Å²) in [5.41, 5.74) is 12.5. The van der Waals surface area contributed by atoms with Crippen molar-refractivity contribution in [2.45, 2.75) is 19.3 Å². The lowest BCUT2D eigenvalue weighted by molar-refractivity contribution is 0.789. The standard InChI is InChI=1S/C13H12N4S/c14-13-9-2-1-3-11(9)17(16-13)8-4-5-10-12(6-8)18-7-15-10/h4-7H,1-3H2,(H2,14,16). The van der Waals surface area contributed by atoms with Gasteiger partial charge in [0.15, 0.2) is 0 Å². The first-order valence-electron chi connectivity index (χ1n) is 6.03. The van der Waals surface area contributed by atoms with Gasteiger partial charge in [0.2, 0.25) is 0 Å². The number of hydrogen-bond donors (Lipinski definition) is 1. The topological polar surface area (TPSA) is 56.7 Å². The fourth-order valence-corrected chi connectivity index (χ4v) is 3.37.